The van der Waals surface area contributed by atoms with Crippen LogP contribution in [0.4, 0.5) is 0 Å². The van der Waals surface area contributed by atoms with Crippen LogP contribution in [-0.2, 0) is 21.4 Å². The molecule has 0 aliphatic heterocycles. The highest BCUT2D eigenvalue weighted by Crippen LogP contribution is 2.24. The molecule has 0 spiro atoms. The van der Waals surface area contributed by atoms with Gasteiger partial charge in [0.05, 0.1) is 23.0 Å². The van der Waals surface area contributed by atoms with Gasteiger partial charge in [-0.1, -0.05) is 23.9 Å². The fourth-order valence-corrected chi connectivity index (χ4v) is 4.62. The SMILES string of the molecule is CCn1c(SCC(=O)NC(C)c2ccc(S(=O)(=O)N(C)C)cc2)nnc1-c1ccco1. The summed E-state index contributed by atoms with van der Waals surface area (Å²) in [4.78, 5) is 12.7. The highest BCUT2D eigenvalue weighted by atomic mass is 32.2. The molecule has 3 aromatic rings. The Morgan fingerprint density at radius 2 is 1.94 bits per heavy atom. The Balaban J connectivity index is 1.60. The second kappa shape index (κ2) is 9.67. The molecular weight excluding hydrogens is 438 g/mol. The molecule has 31 heavy (non-hydrogen) atoms. The standard InChI is InChI=1S/C20H25N5O4S2/c1-5-25-19(17-7-6-12-29-17)22-23-20(25)30-13-18(26)21-14(2)15-8-10-16(11-9-15)31(27,28)24(3)4/h6-12,14H,5,13H2,1-4H3,(H,21,26). The lowest BCUT2D eigenvalue weighted by Gasteiger charge is -2.16. The number of hydrogen-bond acceptors (Lipinski definition) is 7. The molecule has 1 unspecified atom stereocenters. The second-order valence-corrected chi connectivity index (χ2v) is 10.1. The monoisotopic (exact) mass is 463 g/mol. The lowest BCUT2D eigenvalue weighted by Crippen LogP contribution is -2.28. The number of rotatable bonds is 9. The van der Waals surface area contributed by atoms with Gasteiger partial charge in [0, 0.05) is 20.6 Å². The van der Waals surface area contributed by atoms with E-state index in [2.05, 4.69) is 15.5 Å². The maximum Gasteiger partial charge on any atom is 0.242 e. The fraction of sp³-hybridized carbons (Fsp3) is 0.350. The quantitative estimate of drug-likeness (QED) is 0.486. The zero-order valence-electron chi connectivity index (χ0n) is 17.8. The van der Waals surface area contributed by atoms with Crippen LogP contribution in [0.1, 0.15) is 25.5 Å². The van der Waals surface area contributed by atoms with Gasteiger partial charge in [0.15, 0.2) is 16.7 Å². The normalized spacial score (nSPS) is 12.8. The summed E-state index contributed by atoms with van der Waals surface area (Å²) in [6.07, 6.45) is 1.58. The molecule has 0 aliphatic rings. The van der Waals surface area contributed by atoms with E-state index in [0.717, 1.165) is 9.87 Å². The van der Waals surface area contributed by atoms with Crippen LogP contribution in [0.15, 0.2) is 57.1 Å². The number of sulfonamides is 1. The number of furan rings is 1. The number of thioether (sulfide) groups is 1. The zero-order valence-corrected chi connectivity index (χ0v) is 19.4. The molecule has 0 saturated heterocycles. The Hall–Kier alpha value is -2.63. The zero-order chi connectivity index (χ0) is 22.6. The van der Waals surface area contributed by atoms with Crippen LogP contribution >= 0.6 is 11.8 Å². The largest absolute Gasteiger partial charge is 0.461 e. The van der Waals surface area contributed by atoms with Crippen molar-refractivity contribution in [3.8, 4) is 11.6 Å². The lowest BCUT2D eigenvalue weighted by molar-refractivity contribution is -0.119. The van der Waals surface area contributed by atoms with Crippen molar-refractivity contribution >= 4 is 27.7 Å². The smallest absolute Gasteiger partial charge is 0.242 e. The van der Waals surface area contributed by atoms with Crippen LogP contribution < -0.4 is 5.32 Å². The van der Waals surface area contributed by atoms with Crippen molar-refractivity contribution < 1.29 is 17.6 Å². The average molecular weight is 464 g/mol. The number of aromatic nitrogens is 3. The summed E-state index contributed by atoms with van der Waals surface area (Å²) >= 11 is 1.29. The first-order valence-electron chi connectivity index (χ1n) is 9.65. The molecule has 0 saturated carbocycles. The Kier molecular flexibility index (Phi) is 7.19. The van der Waals surface area contributed by atoms with Crippen LogP contribution in [0, 0.1) is 0 Å². The maximum atomic E-state index is 12.4. The molecule has 2 heterocycles. The number of carbonyl (C=O) groups excluding carboxylic acids is 1. The molecule has 0 fully saturated rings. The van der Waals surface area contributed by atoms with Gasteiger partial charge in [-0.05, 0) is 43.7 Å². The molecule has 1 N–H and O–H groups in total. The van der Waals surface area contributed by atoms with Crippen molar-refractivity contribution in [1.29, 1.82) is 0 Å². The number of amides is 1. The van der Waals surface area contributed by atoms with Gasteiger partial charge < -0.3 is 9.73 Å². The van der Waals surface area contributed by atoms with Gasteiger partial charge >= 0.3 is 0 Å². The van der Waals surface area contributed by atoms with Crippen LogP contribution in [0.25, 0.3) is 11.6 Å². The molecular formula is C20H25N5O4S2. The van der Waals surface area contributed by atoms with Gasteiger partial charge in [-0.3, -0.25) is 9.36 Å². The molecule has 1 amide bonds. The summed E-state index contributed by atoms with van der Waals surface area (Å²) in [7, 11) is -0.508. The van der Waals surface area contributed by atoms with Crippen molar-refractivity contribution in [2.45, 2.75) is 36.5 Å². The third kappa shape index (κ3) is 5.17. The molecule has 0 aliphatic carbocycles. The Bertz CT molecular complexity index is 1120. The molecule has 9 nitrogen and oxygen atoms in total. The molecule has 1 aromatic carbocycles. The minimum Gasteiger partial charge on any atom is -0.461 e. The van der Waals surface area contributed by atoms with Crippen molar-refractivity contribution in [3.05, 3.63) is 48.2 Å². The second-order valence-electron chi connectivity index (χ2n) is 6.96. The Labute approximate surface area is 185 Å². The fourth-order valence-electron chi connectivity index (χ4n) is 2.90. The number of benzene rings is 1. The van der Waals surface area contributed by atoms with E-state index in [9.17, 15) is 13.2 Å². The summed E-state index contributed by atoms with van der Waals surface area (Å²) in [5, 5.41) is 11.9. The minimum atomic E-state index is -3.48. The van der Waals surface area contributed by atoms with Crippen molar-refractivity contribution in [2.24, 2.45) is 0 Å². The van der Waals surface area contributed by atoms with Gasteiger partial charge in [0.25, 0.3) is 0 Å². The van der Waals surface area contributed by atoms with E-state index in [1.54, 1.807) is 36.6 Å². The van der Waals surface area contributed by atoms with Crippen molar-refractivity contribution in [1.82, 2.24) is 24.4 Å². The number of nitrogens with zero attached hydrogens (tertiary/aromatic N) is 4. The summed E-state index contributed by atoms with van der Waals surface area (Å²) in [5.74, 6) is 1.26. The first-order chi connectivity index (χ1) is 14.7. The molecule has 166 valence electrons. The van der Waals surface area contributed by atoms with Gasteiger partial charge in [-0.25, -0.2) is 12.7 Å². The van der Waals surface area contributed by atoms with E-state index in [4.69, 9.17) is 4.42 Å². The number of nitrogens with one attached hydrogen (secondary N) is 1. The summed E-state index contributed by atoms with van der Waals surface area (Å²) in [6, 6.07) is 9.83. The first-order valence-corrected chi connectivity index (χ1v) is 12.1. The predicted octanol–water partition coefficient (Wildman–Crippen LogP) is 2.78. The van der Waals surface area contributed by atoms with Crippen LogP contribution in [-0.4, -0.2) is 53.2 Å². The third-order valence-corrected chi connectivity index (χ3v) is 7.44. The Morgan fingerprint density at radius 1 is 1.23 bits per heavy atom. The van der Waals surface area contributed by atoms with Gasteiger partial charge in [0.1, 0.15) is 0 Å². The summed E-state index contributed by atoms with van der Waals surface area (Å²) < 4.78 is 32.8. The van der Waals surface area contributed by atoms with Gasteiger partial charge in [-0.2, -0.15) is 0 Å². The van der Waals surface area contributed by atoms with E-state index in [1.807, 2.05) is 24.5 Å². The lowest BCUT2D eigenvalue weighted by atomic mass is 10.1. The van der Waals surface area contributed by atoms with E-state index in [-0.39, 0.29) is 22.6 Å². The summed E-state index contributed by atoms with van der Waals surface area (Å²) in [6.45, 7) is 4.47. The highest BCUT2D eigenvalue weighted by Gasteiger charge is 2.19. The minimum absolute atomic E-state index is 0.160. The van der Waals surface area contributed by atoms with Crippen LogP contribution in [0.3, 0.4) is 0 Å². The molecule has 3 rings (SSSR count). The van der Waals surface area contributed by atoms with E-state index < -0.39 is 10.0 Å². The van der Waals surface area contributed by atoms with Crippen LogP contribution in [0.5, 0.6) is 0 Å². The molecule has 11 heteroatoms. The summed E-state index contributed by atoms with van der Waals surface area (Å²) in [5.41, 5.74) is 0.813. The number of hydrogen-bond donors (Lipinski definition) is 1. The van der Waals surface area contributed by atoms with Crippen LogP contribution in [0.2, 0.25) is 0 Å². The van der Waals surface area contributed by atoms with Crippen molar-refractivity contribution in [3.63, 3.8) is 0 Å². The molecule has 0 radical (unpaired) electrons. The molecule has 1 atom stereocenters. The number of carbonyl (C=O) groups is 1. The van der Waals surface area contributed by atoms with Gasteiger partial charge in [-0.15, -0.1) is 10.2 Å². The highest BCUT2D eigenvalue weighted by molar-refractivity contribution is 7.99. The molecule has 0 bridgehead atoms. The van der Waals surface area contributed by atoms with E-state index in [0.29, 0.717) is 23.3 Å². The first kappa shape index (κ1) is 23.0. The van der Waals surface area contributed by atoms with Crippen molar-refractivity contribution in [2.75, 3.05) is 19.8 Å². The predicted molar refractivity (Wildman–Crippen MR) is 118 cm³/mol. The van der Waals surface area contributed by atoms with E-state index >= 15 is 0 Å². The third-order valence-electron chi connectivity index (χ3n) is 4.64. The average Bonchev–Trinajstić information content (AvgIpc) is 3.41. The molecule has 2 aromatic heterocycles. The topological polar surface area (TPSA) is 110 Å². The maximum absolute atomic E-state index is 12.4. The van der Waals surface area contributed by atoms with E-state index in [1.165, 1.54) is 25.9 Å². The van der Waals surface area contributed by atoms with Gasteiger partial charge in [0.2, 0.25) is 15.9 Å². The Morgan fingerprint density at radius 3 is 2.52 bits per heavy atom.